The van der Waals surface area contributed by atoms with Crippen LogP contribution in [0.15, 0.2) is 72.0 Å². The Morgan fingerprint density at radius 2 is 1.89 bits per heavy atom. The van der Waals surface area contributed by atoms with Gasteiger partial charge in [0, 0.05) is 69.0 Å². The highest BCUT2D eigenvalue weighted by molar-refractivity contribution is 6.04. The lowest BCUT2D eigenvalue weighted by Gasteiger charge is -2.33. The number of alkyl halides is 3. The molecule has 5 rings (SSSR count). The van der Waals surface area contributed by atoms with E-state index in [9.17, 15) is 18.0 Å². The van der Waals surface area contributed by atoms with E-state index in [-0.39, 0.29) is 29.2 Å². The van der Waals surface area contributed by atoms with Gasteiger partial charge >= 0.3 is 6.18 Å². The van der Waals surface area contributed by atoms with Gasteiger partial charge in [0.25, 0.3) is 5.91 Å². The van der Waals surface area contributed by atoms with Crippen LogP contribution in [0.2, 0.25) is 0 Å². The third-order valence-corrected chi connectivity index (χ3v) is 7.36. The molecular formula is C32H33F3N8O2. The zero-order valence-electron chi connectivity index (χ0n) is 25.2. The molecule has 1 saturated heterocycles. The van der Waals surface area contributed by atoms with Gasteiger partial charge < -0.3 is 15.0 Å². The first-order valence-electron chi connectivity index (χ1n) is 14.2. The normalized spacial score (nSPS) is 15.1. The van der Waals surface area contributed by atoms with Gasteiger partial charge in [-0.2, -0.15) is 23.3 Å². The molecule has 2 aromatic heterocycles. The van der Waals surface area contributed by atoms with Crippen molar-refractivity contribution in [2.75, 3.05) is 38.5 Å². The highest BCUT2D eigenvalue weighted by Gasteiger charge is 2.34. The molecule has 0 unspecified atom stereocenters. The Hall–Kier alpha value is -4.88. The number of halogens is 3. The minimum absolute atomic E-state index is 0.0410. The molecule has 1 aliphatic heterocycles. The molecule has 3 heterocycles. The SMILES string of the molecule is C=N/C=C\C(=C/C)c1nc(Oc2cccc(C(=O)Nc3ccc(CN4CCN(C)CC4)c(C(F)(F)F)c3)c2)c2cn(C)nc2n1. The van der Waals surface area contributed by atoms with Crippen LogP contribution < -0.4 is 10.1 Å². The summed E-state index contributed by atoms with van der Waals surface area (Å²) in [5, 5.41) is 7.53. The lowest BCUT2D eigenvalue weighted by atomic mass is 10.0. The average Bonchev–Trinajstić information content (AvgIpc) is 3.39. The molecule has 0 bridgehead atoms. The number of aromatic nitrogens is 4. The van der Waals surface area contributed by atoms with Gasteiger partial charge in [-0.3, -0.25) is 19.4 Å². The van der Waals surface area contributed by atoms with Crippen molar-refractivity contribution in [3.63, 3.8) is 0 Å². The van der Waals surface area contributed by atoms with Crippen molar-refractivity contribution in [2.24, 2.45) is 12.0 Å². The summed E-state index contributed by atoms with van der Waals surface area (Å²) in [4.78, 5) is 30.2. The van der Waals surface area contributed by atoms with Crippen LogP contribution in [0.25, 0.3) is 16.6 Å². The summed E-state index contributed by atoms with van der Waals surface area (Å²) >= 11 is 0. The Kier molecular flexibility index (Phi) is 9.40. The molecule has 13 heteroatoms. The van der Waals surface area contributed by atoms with E-state index in [1.54, 1.807) is 42.2 Å². The number of aryl methyl sites for hydroxylation is 1. The van der Waals surface area contributed by atoms with Crippen molar-refractivity contribution in [3.05, 3.63) is 89.5 Å². The fourth-order valence-corrected chi connectivity index (χ4v) is 4.95. The Labute approximate surface area is 258 Å². The number of anilines is 1. The number of benzene rings is 2. The quantitative estimate of drug-likeness (QED) is 0.187. The summed E-state index contributed by atoms with van der Waals surface area (Å²) in [5.74, 6) is 0.268. The van der Waals surface area contributed by atoms with Crippen molar-refractivity contribution < 1.29 is 22.7 Å². The third kappa shape index (κ3) is 7.62. The summed E-state index contributed by atoms with van der Waals surface area (Å²) in [5.41, 5.74) is 0.704. The molecule has 0 spiro atoms. The van der Waals surface area contributed by atoms with E-state index in [1.165, 1.54) is 24.4 Å². The molecule has 10 nitrogen and oxygen atoms in total. The standard InChI is InChI=1S/C32H33F3N8O2/c1-5-21(11-12-36-2)28-38-29-26(20-42(4)40-29)31(39-28)45-25-8-6-7-22(17-25)30(44)37-24-10-9-23(27(18-24)32(33,34)35)19-43-15-13-41(3)14-16-43/h5-12,17-18,20H,2,13-16,19H2,1,3-4H3,(H,37,44)/b12-11-,21-5+. The lowest BCUT2D eigenvalue weighted by Crippen LogP contribution is -2.44. The minimum atomic E-state index is -4.57. The van der Waals surface area contributed by atoms with Crippen LogP contribution in [0.4, 0.5) is 18.9 Å². The minimum Gasteiger partial charge on any atom is -0.438 e. The number of rotatable bonds is 9. The number of carbonyl (C=O) groups is 1. The zero-order chi connectivity index (χ0) is 32.1. The molecule has 0 aliphatic carbocycles. The predicted octanol–water partition coefficient (Wildman–Crippen LogP) is 5.79. The van der Waals surface area contributed by atoms with Gasteiger partial charge in [-0.25, -0.2) is 4.98 Å². The van der Waals surface area contributed by atoms with Crippen molar-refractivity contribution in [3.8, 4) is 11.6 Å². The number of hydrogen-bond acceptors (Lipinski definition) is 8. The molecule has 1 N–H and O–H groups in total. The van der Waals surface area contributed by atoms with Gasteiger partial charge in [-0.05, 0) is 62.7 Å². The molecule has 1 amide bonds. The second kappa shape index (κ2) is 13.4. The monoisotopic (exact) mass is 618 g/mol. The fourth-order valence-electron chi connectivity index (χ4n) is 4.95. The summed E-state index contributed by atoms with van der Waals surface area (Å²) in [6.45, 7) is 8.43. The van der Waals surface area contributed by atoms with E-state index in [0.29, 0.717) is 41.3 Å². The van der Waals surface area contributed by atoms with Crippen LogP contribution in [-0.2, 0) is 19.8 Å². The second-order valence-electron chi connectivity index (χ2n) is 10.7. The highest BCUT2D eigenvalue weighted by atomic mass is 19.4. The number of piperazine rings is 1. The van der Waals surface area contributed by atoms with Gasteiger partial charge in [0.15, 0.2) is 11.5 Å². The van der Waals surface area contributed by atoms with E-state index in [0.717, 1.165) is 19.2 Å². The number of fused-ring (bicyclic) bond motifs is 1. The summed E-state index contributed by atoms with van der Waals surface area (Å²) in [7, 11) is 3.74. The van der Waals surface area contributed by atoms with Crippen LogP contribution in [0, 0.1) is 0 Å². The van der Waals surface area contributed by atoms with Gasteiger partial charge in [0.2, 0.25) is 5.88 Å². The van der Waals surface area contributed by atoms with Crippen molar-refractivity contribution in [1.82, 2.24) is 29.5 Å². The number of ether oxygens (including phenoxy) is 1. The van der Waals surface area contributed by atoms with E-state index >= 15 is 0 Å². The zero-order valence-corrected chi connectivity index (χ0v) is 25.2. The maximum atomic E-state index is 14.1. The third-order valence-electron chi connectivity index (χ3n) is 7.36. The van der Waals surface area contributed by atoms with Crippen LogP contribution in [0.1, 0.15) is 34.2 Å². The predicted molar refractivity (Wildman–Crippen MR) is 167 cm³/mol. The Balaban J connectivity index is 1.37. The van der Waals surface area contributed by atoms with Crippen molar-refractivity contribution in [2.45, 2.75) is 19.6 Å². The molecule has 0 radical (unpaired) electrons. The van der Waals surface area contributed by atoms with Crippen LogP contribution in [-0.4, -0.2) is 75.4 Å². The molecule has 0 atom stereocenters. The van der Waals surface area contributed by atoms with E-state index in [4.69, 9.17) is 4.74 Å². The molecule has 234 valence electrons. The first kappa shape index (κ1) is 31.5. The molecular weight excluding hydrogens is 585 g/mol. The largest absolute Gasteiger partial charge is 0.438 e. The van der Waals surface area contributed by atoms with Crippen LogP contribution >= 0.6 is 0 Å². The number of hydrogen-bond donors (Lipinski definition) is 1. The number of allylic oxidation sites excluding steroid dienone is 3. The van der Waals surface area contributed by atoms with E-state index in [2.05, 4.69) is 37.0 Å². The maximum Gasteiger partial charge on any atom is 0.416 e. The molecule has 45 heavy (non-hydrogen) atoms. The number of nitrogens with zero attached hydrogens (tertiary/aromatic N) is 7. The Bertz CT molecular complexity index is 1770. The summed E-state index contributed by atoms with van der Waals surface area (Å²) in [6, 6.07) is 10.2. The number of aliphatic imine (C=N–C) groups is 1. The summed E-state index contributed by atoms with van der Waals surface area (Å²) in [6.07, 6.45) is 2.17. The smallest absolute Gasteiger partial charge is 0.416 e. The molecule has 0 saturated carbocycles. The first-order valence-corrected chi connectivity index (χ1v) is 14.2. The molecule has 1 aliphatic rings. The maximum absolute atomic E-state index is 14.1. The summed E-state index contributed by atoms with van der Waals surface area (Å²) < 4.78 is 49.9. The average molecular weight is 619 g/mol. The first-order chi connectivity index (χ1) is 21.5. The van der Waals surface area contributed by atoms with Crippen molar-refractivity contribution >= 4 is 34.9 Å². The Morgan fingerprint density at radius 3 is 2.60 bits per heavy atom. The lowest BCUT2D eigenvalue weighted by molar-refractivity contribution is -0.138. The fraction of sp³-hybridized carbons (Fsp3) is 0.281. The van der Waals surface area contributed by atoms with E-state index in [1.807, 2.05) is 24.9 Å². The Morgan fingerprint density at radius 1 is 1.11 bits per heavy atom. The van der Waals surface area contributed by atoms with Gasteiger partial charge in [0.05, 0.1) is 5.56 Å². The molecule has 2 aromatic carbocycles. The molecule has 1 fully saturated rings. The van der Waals surface area contributed by atoms with Gasteiger partial charge in [-0.15, -0.1) is 0 Å². The van der Waals surface area contributed by atoms with Gasteiger partial charge in [0.1, 0.15) is 11.1 Å². The number of amides is 1. The van der Waals surface area contributed by atoms with E-state index < -0.39 is 17.6 Å². The number of carbonyl (C=O) groups excluding carboxylic acids is 1. The highest BCUT2D eigenvalue weighted by Crippen LogP contribution is 2.35. The van der Waals surface area contributed by atoms with Crippen molar-refractivity contribution in [1.29, 1.82) is 0 Å². The topological polar surface area (TPSA) is 101 Å². The number of nitrogens with one attached hydrogen (secondary N) is 1. The number of likely N-dealkylation sites (N-methyl/N-ethyl adjacent to an activating group) is 1. The van der Waals surface area contributed by atoms with Gasteiger partial charge in [-0.1, -0.05) is 18.2 Å². The molecule has 4 aromatic rings. The second-order valence-corrected chi connectivity index (χ2v) is 10.7. The van der Waals surface area contributed by atoms with Crippen LogP contribution in [0.3, 0.4) is 0 Å². The van der Waals surface area contributed by atoms with Crippen LogP contribution in [0.5, 0.6) is 11.6 Å².